The maximum Gasteiger partial charge on any atom is 0.418 e. The lowest BCUT2D eigenvalue weighted by atomic mass is 10.1. The number of amides is 1. The molecule has 2 rings (SSSR count). The third-order valence-electron chi connectivity index (χ3n) is 2.73. The maximum atomic E-state index is 12.7. The van der Waals surface area contributed by atoms with Crippen molar-refractivity contribution in [3.05, 3.63) is 58.6 Å². The van der Waals surface area contributed by atoms with Crippen LogP contribution in [0.15, 0.2) is 42.5 Å². The van der Waals surface area contributed by atoms with Gasteiger partial charge in [0.2, 0.25) is 0 Å². The van der Waals surface area contributed by atoms with Crippen molar-refractivity contribution in [1.82, 2.24) is 0 Å². The van der Waals surface area contributed by atoms with E-state index in [0.717, 1.165) is 6.07 Å². The molecular formula is C14H10ClF3N2O. The molecule has 0 spiro atoms. The number of carbonyl (C=O) groups excluding carboxylic acids is 1. The summed E-state index contributed by atoms with van der Waals surface area (Å²) in [5.41, 5.74) is 4.20. The molecule has 0 heterocycles. The van der Waals surface area contributed by atoms with E-state index in [1.807, 2.05) is 0 Å². The second kappa shape index (κ2) is 5.65. The molecule has 110 valence electrons. The molecular weight excluding hydrogens is 305 g/mol. The fourth-order valence-corrected chi connectivity index (χ4v) is 1.93. The van der Waals surface area contributed by atoms with Gasteiger partial charge in [-0.15, -0.1) is 0 Å². The van der Waals surface area contributed by atoms with Crippen molar-refractivity contribution >= 4 is 28.9 Å². The van der Waals surface area contributed by atoms with Crippen molar-refractivity contribution < 1.29 is 18.0 Å². The Morgan fingerprint density at radius 2 is 1.76 bits per heavy atom. The molecule has 2 aromatic rings. The summed E-state index contributed by atoms with van der Waals surface area (Å²) >= 11 is 5.77. The molecule has 0 aliphatic rings. The molecule has 0 fully saturated rings. The summed E-state index contributed by atoms with van der Waals surface area (Å²) in [6.07, 6.45) is -4.60. The minimum absolute atomic E-state index is 0.0241. The summed E-state index contributed by atoms with van der Waals surface area (Å²) in [5.74, 6) is -0.489. The summed E-state index contributed by atoms with van der Waals surface area (Å²) in [5, 5.41) is 2.19. The first-order valence-corrected chi connectivity index (χ1v) is 6.19. The van der Waals surface area contributed by atoms with E-state index >= 15 is 0 Å². The molecule has 0 aliphatic heterocycles. The molecule has 0 unspecified atom stereocenters. The Bertz CT molecular complexity index is 672. The van der Waals surface area contributed by atoms with Crippen LogP contribution in [0.1, 0.15) is 15.9 Å². The quantitative estimate of drug-likeness (QED) is 0.816. The van der Waals surface area contributed by atoms with Gasteiger partial charge >= 0.3 is 6.18 Å². The van der Waals surface area contributed by atoms with Crippen LogP contribution in [0, 0.1) is 0 Å². The van der Waals surface area contributed by atoms with E-state index in [9.17, 15) is 18.0 Å². The van der Waals surface area contributed by atoms with Crippen LogP contribution in [0.2, 0.25) is 5.02 Å². The van der Waals surface area contributed by atoms with Crippen LogP contribution in [0.4, 0.5) is 24.5 Å². The summed E-state index contributed by atoms with van der Waals surface area (Å²) in [7, 11) is 0. The van der Waals surface area contributed by atoms with Gasteiger partial charge in [0.05, 0.1) is 16.3 Å². The number of benzene rings is 2. The molecule has 1 amide bonds. The zero-order valence-electron chi connectivity index (χ0n) is 10.5. The van der Waals surface area contributed by atoms with Gasteiger partial charge in [-0.1, -0.05) is 29.8 Å². The molecule has 0 aliphatic carbocycles. The first kappa shape index (κ1) is 15.2. The number of alkyl halides is 3. The lowest BCUT2D eigenvalue weighted by Gasteiger charge is -2.14. The van der Waals surface area contributed by atoms with Crippen molar-refractivity contribution in [1.29, 1.82) is 0 Å². The molecule has 0 aromatic heterocycles. The highest BCUT2D eigenvalue weighted by Crippen LogP contribution is 2.38. The van der Waals surface area contributed by atoms with Gasteiger partial charge in [-0.25, -0.2) is 0 Å². The van der Waals surface area contributed by atoms with Crippen LogP contribution in [-0.4, -0.2) is 5.91 Å². The van der Waals surface area contributed by atoms with Crippen LogP contribution in [-0.2, 0) is 6.18 Å². The number of rotatable bonds is 2. The zero-order chi connectivity index (χ0) is 15.6. The minimum atomic E-state index is -4.60. The summed E-state index contributed by atoms with van der Waals surface area (Å²) in [4.78, 5) is 11.9. The number of carbonyl (C=O) groups is 1. The smallest absolute Gasteiger partial charge is 0.398 e. The number of hydrogen-bond donors (Lipinski definition) is 2. The number of halogens is 4. The Kier molecular flexibility index (Phi) is 4.09. The highest BCUT2D eigenvalue weighted by Gasteiger charge is 2.33. The van der Waals surface area contributed by atoms with Crippen LogP contribution in [0.3, 0.4) is 0 Å². The predicted molar refractivity (Wildman–Crippen MR) is 75.3 cm³/mol. The fraction of sp³-hybridized carbons (Fsp3) is 0.0714. The van der Waals surface area contributed by atoms with Crippen LogP contribution in [0.5, 0.6) is 0 Å². The molecule has 0 saturated heterocycles. The Balaban J connectivity index is 2.30. The molecule has 0 atom stereocenters. The van der Waals surface area contributed by atoms with Gasteiger partial charge in [0.15, 0.2) is 0 Å². The van der Waals surface area contributed by atoms with Crippen molar-refractivity contribution in [2.45, 2.75) is 6.18 Å². The van der Waals surface area contributed by atoms with Crippen LogP contribution < -0.4 is 11.1 Å². The Hall–Kier alpha value is -2.21. The average Bonchev–Trinajstić information content (AvgIpc) is 2.42. The molecule has 0 bridgehead atoms. The van der Waals surface area contributed by atoms with Crippen molar-refractivity contribution in [2.75, 3.05) is 11.1 Å². The van der Waals surface area contributed by atoms with Crippen molar-refractivity contribution in [3.63, 3.8) is 0 Å². The second-order valence-electron chi connectivity index (χ2n) is 4.24. The fourth-order valence-electron chi connectivity index (χ4n) is 1.72. The van der Waals surface area contributed by atoms with E-state index in [2.05, 4.69) is 5.32 Å². The van der Waals surface area contributed by atoms with Gasteiger partial charge in [-0.2, -0.15) is 13.2 Å². The van der Waals surface area contributed by atoms with E-state index in [-0.39, 0.29) is 10.7 Å². The Labute approximate surface area is 123 Å². The summed E-state index contributed by atoms with van der Waals surface area (Å²) < 4.78 is 38.0. The number of nitrogens with two attached hydrogens (primary N) is 1. The maximum absolute atomic E-state index is 12.7. The van der Waals surface area contributed by atoms with Crippen molar-refractivity contribution in [3.8, 4) is 0 Å². The Morgan fingerprint density at radius 1 is 1.14 bits per heavy atom. The number of nitrogens with one attached hydrogen (secondary N) is 1. The third-order valence-corrected chi connectivity index (χ3v) is 3.04. The van der Waals surface area contributed by atoms with E-state index in [0.29, 0.717) is 11.6 Å². The first-order chi connectivity index (χ1) is 9.79. The molecule has 3 N–H and O–H groups in total. The average molecular weight is 315 g/mol. The zero-order valence-corrected chi connectivity index (χ0v) is 11.3. The largest absolute Gasteiger partial charge is 0.418 e. The molecule has 3 nitrogen and oxygen atoms in total. The van der Waals surface area contributed by atoms with Gasteiger partial charge in [-0.05, 0) is 24.3 Å². The van der Waals surface area contributed by atoms with E-state index in [1.165, 1.54) is 0 Å². The first-order valence-electron chi connectivity index (χ1n) is 5.81. The normalized spacial score (nSPS) is 11.2. The summed E-state index contributed by atoms with van der Waals surface area (Å²) in [6.45, 7) is 0. The molecule has 0 radical (unpaired) electrons. The highest BCUT2D eigenvalue weighted by molar-refractivity contribution is 6.34. The van der Waals surface area contributed by atoms with Gasteiger partial charge in [0.25, 0.3) is 5.91 Å². The Morgan fingerprint density at radius 3 is 2.33 bits per heavy atom. The lowest BCUT2D eigenvalue weighted by molar-refractivity contribution is -0.136. The SMILES string of the molecule is Nc1cc(NC(=O)c2ccccc2)c(Cl)cc1C(F)(F)F. The summed E-state index contributed by atoms with van der Waals surface area (Å²) in [6, 6.07) is 9.88. The molecule has 7 heteroatoms. The predicted octanol–water partition coefficient (Wildman–Crippen LogP) is 4.19. The van der Waals surface area contributed by atoms with Gasteiger partial charge in [0, 0.05) is 11.3 Å². The monoisotopic (exact) mass is 314 g/mol. The molecule has 21 heavy (non-hydrogen) atoms. The van der Waals surface area contributed by atoms with E-state index in [4.69, 9.17) is 17.3 Å². The van der Waals surface area contributed by atoms with E-state index in [1.54, 1.807) is 30.3 Å². The van der Waals surface area contributed by atoms with Gasteiger partial charge in [0.1, 0.15) is 0 Å². The lowest BCUT2D eigenvalue weighted by Crippen LogP contribution is -2.14. The molecule has 2 aromatic carbocycles. The number of anilines is 2. The van der Waals surface area contributed by atoms with Crippen LogP contribution >= 0.6 is 11.6 Å². The minimum Gasteiger partial charge on any atom is -0.398 e. The molecule has 0 saturated carbocycles. The van der Waals surface area contributed by atoms with Crippen LogP contribution in [0.25, 0.3) is 0 Å². The standard InChI is InChI=1S/C14H10ClF3N2O/c15-10-6-9(14(16,17)18)11(19)7-12(10)20-13(21)8-4-2-1-3-5-8/h1-7H,19H2,(H,20,21). The third kappa shape index (κ3) is 3.46. The van der Waals surface area contributed by atoms with Gasteiger partial charge in [-0.3, -0.25) is 4.79 Å². The topological polar surface area (TPSA) is 55.1 Å². The highest BCUT2D eigenvalue weighted by atomic mass is 35.5. The second-order valence-corrected chi connectivity index (χ2v) is 4.64. The van der Waals surface area contributed by atoms with Crippen molar-refractivity contribution in [2.24, 2.45) is 0 Å². The van der Waals surface area contributed by atoms with E-state index < -0.39 is 23.3 Å². The number of nitrogen functional groups attached to an aromatic ring is 1. The number of hydrogen-bond acceptors (Lipinski definition) is 2. The van der Waals surface area contributed by atoms with Gasteiger partial charge < -0.3 is 11.1 Å².